The molecule has 1 saturated heterocycles. The van der Waals surface area contributed by atoms with Crippen LogP contribution < -0.4 is 15.8 Å². The lowest BCUT2D eigenvalue weighted by atomic mass is 10.1. The Morgan fingerprint density at radius 2 is 2.00 bits per heavy atom. The standard InChI is InChI=1S/C27H27N7O3/c1-3-22(35)33-13-5-8-20(15-33)34-26-23(25(28)29-16-30-26)24(32-34)17-6-4-7-18(14-17)27(36)31-19-9-11-21(37-2)12-10-19/h3-4,6-7,9-12,14,16,20H,1,5,8,13,15H2,2H3,(H,31,36)(H2,28,29,30)/t20-/m1/s1. The number of fused-ring (bicyclic) bond motifs is 1. The van der Waals surface area contributed by atoms with Gasteiger partial charge in [0.15, 0.2) is 5.65 Å². The topological polar surface area (TPSA) is 128 Å². The molecule has 3 heterocycles. The number of carbonyl (C=O) groups is 2. The number of nitrogens with one attached hydrogen (secondary N) is 1. The second-order valence-electron chi connectivity index (χ2n) is 8.80. The number of amides is 2. The van der Waals surface area contributed by atoms with Gasteiger partial charge in [-0.25, -0.2) is 14.6 Å². The minimum atomic E-state index is -0.258. The first-order valence-electron chi connectivity index (χ1n) is 11.9. The molecule has 0 bridgehead atoms. The van der Waals surface area contributed by atoms with Gasteiger partial charge >= 0.3 is 0 Å². The number of nitrogen functional groups attached to an aromatic ring is 1. The largest absolute Gasteiger partial charge is 0.497 e. The predicted molar refractivity (Wildman–Crippen MR) is 141 cm³/mol. The molecule has 10 heteroatoms. The summed E-state index contributed by atoms with van der Waals surface area (Å²) in [5.41, 5.74) is 9.29. The number of rotatable bonds is 6. The molecule has 1 atom stereocenters. The molecule has 0 radical (unpaired) electrons. The quantitative estimate of drug-likeness (QED) is 0.389. The Labute approximate surface area is 213 Å². The lowest BCUT2D eigenvalue weighted by Crippen LogP contribution is -2.40. The maximum absolute atomic E-state index is 13.0. The van der Waals surface area contributed by atoms with Gasteiger partial charge in [0.05, 0.1) is 18.5 Å². The molecule has 1 aliphatic heterocycles. The first-order chi connectivity index (χ1) is 18.0. The van der Waals surface area contributed by atoms with Crippen molar-refractivity contribution in [1.82, 2.24) is 24.6 Å². The van der Waals surface area contributed by atoms with Crippen LogP contribution in [0.2, 0.25) is 0 Å². The molecule has 2 amide bonds. The van der Waals surface area contributed by atoms with E-state index in [0.29, 0.717) is 58.2 Å². The molecule has 10 nitrogen and oxygen atoms in total. The average molecular weight is 498 g/mol. The number of methoxy groups -OCH3 is 1. The molecule has 4 aromatic rings. The first kappa shape index (κ1) is 24.0. The number of nitrogens with two attached hydrogens (primary N) is 1. The van der Waals surface area contributed by atoms with E-state index in [0.717, 1.165) is 12.8 Å². The molecule has 0 aliphatic carbocycles. The van der Waals surface area contributed by atoms with Gasteiger partial charge in [-0.05, 0) is 55.3 Å². The van der Waals surface area contributed by atoms with Crippen LogP contribution in [0.4, 0.5) is 11.5 Å². The molecular weight excluding hydrogens is 470 g/mol. The molecule has 37 heavy (non-hydrogen) atoms. The number of hydrogen-bond donors (Lipinski definition) is 2. The molecule has 1 aliphatic rings. The fraction of sp³-hybridized carbons (Fsp3) is 0.222. The van der Waals surface area contributed by atoms with E-state index in [4.69, 9.17) is 15.6 Å². The van der Waals surface area contributed by atoms with Crippen LogP contribution in [0, 0.1) is 0 Å². The van der Waals surface area contributed by atoms with Crippen molar-refractivity contribution in [1.29, 1.82) is 0 Å². The van der Waals surface area contributed by atoms with Gasteiger partial charge < -0.3 is 20.7 Å². The normalized spacial score (nSPS) is 15.4. The molecule has 2 aromatic carbocycles. The van der Waals surface area contributed by atoms with Gasteiger partial charge in [0.25, 0.3) is 5.91 Å². The molecule has 188 valence electrons. The SMILES string of the molecule is C=CC(=O)N1CCC[C@@H](n2nc(-c3cccc(C(=O)Nc4ccc(OC)cc4)c3)c3c(N)ncnc32)C1. The summed E-state index contributed by atoms with van der Waals surface area (Å²) in [5, 5.41) is 8.40. The van der Waals surface area contributed by atoms with Crippen molar-refractivity contribution in [2.45, 2.75) is 18.9 Å². The Morgan fingerprint density at radius 3 is 2.76 bits per heavy atom. The Kier molecular flexibility index (Phi) is 6.55. The minimum Gasteiger partial charge on any atom is -0.497 e. The number of ether oxygens (including phenoxy) is 1. The van der Waals surface area contributed by atoms with Crippen LogP contribution in [0.1, 0.15) is 29.2 Å². The van der Waals surface area contributed by atoms with Crippen LogP contribution in [0.5, 0.6) is 5.75 Å². The molecule has 0 saturated carbocycles. The number of piperidine rings is 1. The van der Waals surface area contributed by atoms with Crippen LogP contribution in [0.25, 0.3) is 22.3 Å². The van der Waals surface area contributed by atoms with Crippen molar-refractivity contribution < 1.29 is 14.3 Å². The summed E-state index contributed by atoms with van der Waals surface area (Å²) >= 11 is 0. The van der Waals surface area contributed by atoms with Crippen molar-refractivity contribution in [2.75, 3.05) is 31.2 Å². The molecule has 0 spiro atoms. The van der Waals surface area contributed by atoms with Crippen molar-refractivity contribution in [3.63, 3.8) is 0 Å². The number of nitrogens with zero attached hydrogens (tertiary/aromatic N) is 5. The van der Waals surface area contributed by atoms with E-state index < -0.39 is 0 Å². The van der Waals surface area contributed by atoms with Crippen LogP contribution in [0.15, 0.2) is 67.5 Å². The van der Waals surface area contributed by atoms with E-state index in [-0.39, 0.29) is 17.9 Å². The highest BCUT2D eigenvalue weighted by Gasteiger charge is 2.28. The summed E-state index contributed by atoms with van der Waals surface area (Å²) in [6.07, 6.45) is 4.42. The lowest BCUT2D eigenvalue weighted by molar-refractivity contribution is -0.127. The first-order valence-corrected chi connectivity index (χ1v) is 11.9. The fourth-order valence-corrected chi connectivity index (χ4v) is 4.62. The van der Waals surface area contributed by atoms with E-state index in [1.807, 2.05) is 10.7 Å². The maximum atomic E-state index is 13.0. The third-order valence-corrected chi connectivity index (χ3v) is 6.49. The van der Waals surface area contributed by atoms with E-state index in [1.165, 1.54) is 12.4 Å². The zero-order valence-corrected chi connectivity index (χ0v) is 20.4. The molecule has 3 N–H and O–H groups in total. The summed E-state index contributed by atoms with van der Waals surface area (Å²) in [4.78, 5) is 35.7. The zero-order valence-electron chi connectivity index (χ0n) is 20.4. The summed E-state index contributed by atoms with van der Waals surface area (Å²) in [7, 11) is 1.59. The van der Waals surface area contributed by atoms with Gasteiger partial charge in [0.2, 0.25) is 5.91 Å². The second-order valence-corrected chi connectivity index (χ2v) is 8.80. The third-order valence-electron chi connectivity index (χ3n) is 6.49. The molecule has 1 fully saturated rings. The summed E-state index contributed by atoms with van der Waals surface area (Å²) in [5.74, 6) is 0.642. The Hall–Kier alpha value is -4.73. The van der Waals surface area contributed by atoms with Gasteiger partial charge in [0, 0.05) is 29.9 Å². The zero-order chi connectivity index (χ0) is 25.9. The average Bonchev–Trinajstić information content (AvgIpc) is 3.34. The van der Waals surface area contributed by atoms with E-state index in [9.17, 15) is 9.59 Å². The maximum Gasteiger partial charge on any atom is 0.255 e. The Bertz CT molecular complexity index is 1480. The van der Waals surface area contributed by atoms with Gasteiger partial charge in [0.1, 0.15) is 23.6 Å². The highest BCUT2D eigenvalue weighted by atomic mass is 16.5. The number of anilines is 2. The van der Waals surface area contributed by atoms with E-state index in [1.54, 1.807) is 54.5 Å². The summed E-state index contributed by atoms with van der Waals surface area (Å²) in [6, 6.07) is 14.2. The van der Waals surface area contributed by atoms with E-state index >= 15 is 0 Å². The number of hydrogen-bond acceptors (Lipinski definition) is 7. The van der Waals surface area contributed by atoms with Gasteiger partial charge in [-0.1, -0.05) is 18.7 Å². The minimum absolute atomic E-state index is 0.0789. The van der Waals surface area contributed by atoms with Crippen LogP contribution >= 0.6 is 0 Å². The molecule has 0 unspecified atom stereocenters. The molecule has 5 rings (SSSR count). The Balaban J connectivity index is 1.49. The van der Waals surface area contributed by atoms with Crippen molar-refractivity contribution in [3.8, 4) is 17.0 Å². The van der Waals surface area contributed by atoms with Crippen molar-refractivity contribution >= 4 is 34.4 Å². The Morgan fingerprint density at radius 1 is 1.19 bits per heavy atom. The number of aromatic nitrogens is 4. The predicted octanol–water partition coefficient (Wildman–Crippen LogP) is 3.69. The third kappa shape index (κ3) is 4.73. The highest BCUT2D eigenvalue weighted by molar-refractivity contribution is 6.06. The lowest BCUT2D eigenvalue weighted by Gasteiger charge is -2.32. The number of benzene rings is 2. The van der Waals surface area contributed by atoms with Crippen molar-refractivity contribution in [2.24, 2.45) is 0 Å². The number of likely N-dealkylation sites (tertiary alicyclic amines) is 1. The van der Waals surface area contributed by atoms with Crippen LogP contribution in [-0.4, -0.2) is 56.7 Å². The van der Waals surface area contributed by atoms with E-state index in [2.05, 4.69) is 21.9 Å². The summed E-state index contributed by atoms with van der Waals surface area (Å²) in [6.45, 7) is 4.78. The smallest absolute Gasteiger partial charge is 0.255 e. The molecular formula is C27H27N7O3. The van der Waals surface area contributed by atoms with Crippen LogP contribution in [-0.2, 0) is 4.79 Å². The monoisotopic (exact) mass is 497 g/mol. The number of carbonyl (C=O) groups excluding carboxylic acids is 2. The summed E-state index contributed by atoms with van der Waals surface area (Å²) < 4.78 is 7.00. The highest BCUT2D eigenvalue weighted by Crippen LogP contribution is 2.34. The molecule has 2 aromatic heterocycles. The van der Waals surface area contributed by atoms with Gasteiger partial charge in [-0.3, -0.25) is 9.59 Å². The van der Waals surface area contributed by atoms with Crippen molar-refractivity contribution in [3.05, 3.63) is 73.1 Å². The second kappa shape index (κ2) is 10.1. The van der Waals surface area contributed by atoms with Gasteiger partial charge in [-0.2, -0.15) is 5.10 Å². The van der Waals surface area contributed by atoms with Crippen LogP contribution in [0.3, 0.4) is 0 Å². The van der Waals surface area contributed by atoms with Gasteiger partial charge in [-0.15, -0.1) is 0 Å². The fourth-order valence-electron chi connectivity index (χ4n) is 4.62.